The molecule has 0 spiro atoms. The lowest BCUT2D eigenvalue weighted by Crippen LogP contribution is -2.36. The number of benzene rings is 1. The van der Waals surface area contributed by atoms with Gasteiger partial charge in [-0.3, -0.25) is 9.69 Å². The van der Waals surface area contributed by atoms with Crippen molar-refractivity contribution >= 4 is 28.4 Å². The number of carbonyl (C=O) groups is 1. The zero-order chi connectivity index (χ0) is 14.3. The molecule has 0 amide bonds. The number of hydrogen-bond donors (Lipinski definition) is 0. The molecule has 0 radical (unpaired) electrons. The first-order chi connectivity index (χ1) is 9.02. The van der Waals surface area contributed by atoms with Crippen LogP contribution in [0.1, 0.15) is 23.7 Å². The van der Waals surface area contributed by atoms with Gasteiger partial charge in [-0.2, -0.15) is 0 Å². The zero-order valence-electron chi connectivity index (χ0n) is 12.0. The van der Waals surface area contributed by atoms with Crippen LogP contribution in [0.25, 0.3) is 0 Å². The summed E-state index contributed by atoms with van der Waals surface area (Å²) in [7, 11) is 4.12. The second-order valence-corrected chi connectivity index (χ2v) is 6.26. The Morgan fingerprint density at radius 1 is 1.11 bits per heavy atom. The maximum absolute atomic E-state index is 12.2. The van der Waals surface area contributed by atoms with E-state index in [2.05, 4.69) is 53.4 Å². The Morgan fingerprint density at radius 3 is 2.26 bits per heavy atom. The third-order valence-corrected chi connectivity index (χ3v) is 3.66. The monoisotopic (exact) mass is 374 g/mol. The molecule has 0 heterocycles. The van der Waals surface area contributed by atoms with Crippen LogP contribution < -0.4 is 0 Å². The van der Waals surface area contributed by atoms with Crippen molar-refractivity contribution in [3.05, 3.63) is 33.4 Å². The molecule has 3 nitrogen and oxygen atoms in total. The Morgan fingerprint density at radius 2 is 1.74 bits per heavy atom. The Bertz CT molecular complexity index is 390. The summed E-state index contributed by atoms with van der Waals surface area (Å²) in [6.07, 6.45) is 1.08. The van der Waals surface area contributed by atoms with E-state index in [1.54, 1.807) is 0 Å². The number of halogens is 1. The SMILES string of the molecule is CCCN(CCN(C)C)CC(=O)c1ccc(I)cc1. The first kappa shape index (κ1) is 16.6. The normalized spacial score (nSPS) is 11.3. The molecule has 4 heteroatoms. The van der Waals surface area contributed by atoms with Gasteiger partial charge in [-0.15, -0.1) is 0 Å². The van der Waals surface area contributed by atoms with Crippen molar-refractivity contribution in [2.24, 2.45) is 0 Å². The molecular weight excluding hydrogens is 351 g/mol. The maximum atomic E-state index is 12.2. The fourth-order valence-electron chi connectivity index (χ4n) is 1.86. The van der Waals surface area contributed by atoms with Crippen molar-refractivity contribution in [3.8, 4) is 0 Å². The number of likely N-dealkylation sites (N-methyl/N-ethyl adjacent to an activating group) is 1. The van der Waals surface area contributed by atoms with Gasteiger partial charge < -0.3 is 4.90 Å². The van der Waals surface area contributed by atoms with Crippen LogP contribution in [-0.4, -0.2) is 55.9 Å². The summed E-state index contributed by atoms with van der Waals surface area (Å²) in [6.45, 7) is 5.57. The summed E-state index contributed by atoms with van der Waals surface area (Å²) in [5.41, 5.74) is 0.811. The topological polar surface area (TPSA) is 23.6 Å². The Kier molecular flexibility index (Phi) is 7.56. The number of nitrogens with zero attached hydrogens (tertiary/aromatic N) is 2. The maximum Gasteiger partial charge on any atom is 0.176 e. The van der Waals surface area contributed by atoms with Gasteiger partial charge in [-0.05, 0) is 61.8 Å². The summed E-state index contributed by atoms with van der Waals surface area (Å²) in [5.74, 6) is 0.212. The molecule has 0 N–H and O–H groups in total. The van der Waals surface area contributed by atoms with Crippen LogP contribution in [0.3, 0.4) is 0 Å². The Hall–Kier alpha value is -0.460. The molecule has 0 aromatic heterocycles. The molecule has 0 aliphatic heterocycles. The van der Waals surface area contributed by atoms with Crippen LogP contribution in [0.4, 0.5) is 0 Å². The fourth-order valence-corrected chi connectivity index (χ4v) is 2.22. The van der Waals surface area contributed by atoms with E-state index < -0.39 is 0 Å². The third-order valence-electron chi connectivity index (χ3n) is 2.94. The van der Waals surface area contributed by atoms with Crippen LogP contribution >= 0.6 is 22.6 Å². The summed E-state index contributed by atoms with van der Waals surface area (Å²) >= 11 is 2.25. The highest BCUT2D eigenvalue weighted by Gasteiger charge is 2.12. The molecule has 19 heavy (non-hydrogen) atoms. The average molecular weight is 374 g/mol. The summed E-state index contributed by atoms with van der Waals surface area (Å²) in [4.78, 5) is 16.6. The first-order valence-electron chi connectivity index (χ1n) is 6.68. The van der Waals surface area contributed by atoms with E-state index in [1.807, 2.05) is 24.3 Å². The highest BCUT2D eigenvalue weighted by atomic mass is 127. The zero-order valence-corrected chi connectivity index (χ0v) is 14.2. The standard InChI is InChI=1S/C15H23IN2O/c1-4-9-18(11-10-17(2)3)12-15(19)13-5-7-14(16)8-6-13/h5-8H,4,9-12H2,1-3H3. The van der Waals surface area contributed by atoms with Gasteiger partial charge in [0.2, 0.25) is 0 Å². The second-order valence-electron chi connectivity index (χ2n) is 5.01. The minimum absolute atomic E-state index is 0.212. The molecule has 0 saturated carbocycles. The minimum atomic E-state index is 0.212. The first-order valence-corrected chi connectivity index (χ1v) is 7.76. The predicted molar refractivity (Wildman–Crippen MR) is 88.8 cm³/mol. The van der Waals surface area contributed by atoms with E-state index in [0.717, 1.165) is 35.2 Å². The van der Waals surface area contributed by atoms with E-state index in [1.165, 1.54) is 0 Å². The Labute approximate surface area is 130 Å². The highest BCUT2D eigenvalue weighted by Crippen LogP contribution is 2.08. The number of hydrogen-bond acceptors (Lipinski definition) is 3. The molecule has 0 saturated heterocycles. The molecule has 1 aromatic rings. The van der Waals surface area contributed by atoms with Crippen molar-refractivity contribution in [1.82, 2.24) is 9.80 Å². The van der Waals surface area contributed by atoms with Crippen LogP contribution in [0.5, 0.6) is 0 Å². The molecule has 1 rings (SSSR count). The lowest BCUT2D eigenvalue weighted by molar-refractivity contribution is 0.0925. The van der Waals surface area contributed by atoms with Gasteiger partial charge in [-0.1, -0.05) is 19.1 Å². The van der Waals surface area contributed by atoms with Crippen LogP contribution in [0.15, 0.2) is 24.3 Å². The second kappa shape index (κ2) is 8.66. The minimum Gasteiger partial charge on any atom is -0.308 e. The van der Waals surface area contributed by atoms with E-state index >= 15 is 0 Å². The van der Waals surface area contributed by atoms with Gasteiger partial charge in [0.25, 0.3) is 0 Å². The smallest absolute Gasteiger partial charge is 0.176 e. The van der Waals surface area contributed by atoms with E-state index in [9.17, 15) is 4.79 Å². The average Bonchev–Trinajstić information content (AvgIpc) is 2.37. The van der Waals surface area contributed by atoms with Crippen molar-refractivity contribution < 1.29 is 4.79 Å². The fraction of sp³-hybridized carbons (Fsp3) is 0.533. The molecule has 0 aliphatic carbocycles. The van der Waals surface area contributed by atoms with Gasteiger partial charge in [-0.25, -0.2) is 0 Å². The molecule has 0 unspecified atom stereocenters. The van der Waals surface area contributed by atoms with Crippen LogP contribution in [-0.2, 0) is 0 Å². The summed E-state index contributed by atoms with van der Waals surface area (Å²) in [5, 5.41) is 0. The number of ketones is 1. The number of rotatable bonds is 8. The summed E-state index contributed by atoms with van der Waals surface area (Å²) in [6, 6.07) is 7.80. The van der Waals surface area contributed by atoms with Gasteiger partial charge >= 0.3 is 0 Å². The van der Waals surface area contributed by atoms with E-state index in [0.29, 0.717) is 6.54 Å². The molecule has 106 valence electrons. The largest absolute Gasteiger partial charge is 0.308 e. The van der Waals surface area contributed by atoms with Crippen molar-refractivity contribution in [3.63, 3.8) is 0 Å². The predicted octanol–water partition coefficient (Wildman–Crippen LogP) is 2.75. The van der Waals surface area contributed by atoms with Crippen molar-refractivity contribution in [2.75, 3.05) is 40.3 Å². The van der Waals surface area contributed by atoms with Crippen LogP contribution in [0.2, 0.25) is 0 Å². The summed E-state index contributed by atoms with van der Waals surface area (Å²) < 4.78 is 1.16. The van der Waals surface area contributed by atoms with Crippen molar-refractivity contribution in [1.29, 1.82) is 0 Å². The molecule has 0 fully saturated rings. The van der Waals surface area contributed by atoms with Gasteiger partial charge in [0, 0.05) is 22.2 Å². The lowest BCUT2D eigenvalue weighted by atomic mass is 10.1. The van der Waals surface area contributed by atoms with Crippen LogP contribution in [0, 0.1) is 3.57 Å². The van der Waals surface area contributed by atoms with Gasteiger partial charge in [0.05, 0.1) is 6.54 Å². The third kappa shape index (κ3) is 6.49. The molecule has 0 aliphatic rings. The van der Waals surface area contributed by atoms with Crippen molar-refractivity contribution in [2.45, 2.75) is 13.3 Å². The van der Waals surface area contributed by atoms with Gasteiger partial charge in [0.15, 0.2) is 5.78 Å². The number of carbonyl (C=O) groups excluding carboxylic acids is 1. The Balaban J connectivity index is 2.57. The molecule has 1 aromatic carbocycles. The quantitative estimate of drug-likeness (QED) is 0.517. The molecular formula is C15H23IN2O. The lowest BCUT2D eigenvalue weighted by Gasteiger charge is -2.22. The van der Waals surface area contributed by atoms with E-state index in [4.69, 9.17) is 0 Å². The molecule has 0 atom stereocenters. The number of Topliss-reactive ketones (excluding diaryl/α,β-unsaturated/α-hetero) is 1. The highest BCUT2D eigenvalue weighted by molar-refractivity contribution is 14.1. The molecule has 0 bridgehead atoms. The van der Waals surface area contributed by atoms with E-state index in [-0.39, 0.29) is 5.78 Å². The van der Waals surface area contributed by atoms with Gasteiger partial charge in [0.1, 0.15) is 0 Å².